The molecule has 3 aliphatic carbocycles. The fraction of sp³-hybridized carbons (Fsp3) is 0.857. The Morgan fingerprint density at radius 1 is 1.38 bits per heavy atom. The van der Waals surface area contributed by atoms with Crippen LogP contribution in [-0.4, -0.2) is 47.2 Å². The average Bonchev–Trinajstić information content (AvgIpc) is 3.30. The van der Waals surface area contributed by atoms with Gasteiger partial charge in [-0.25, -0.2) is 4.79 Å². The molecule has 146 valence electrons. The minimum Gasteiger partial charge on any atom is -0.459 e. The number of aliphatic hydroxyl groups excluding tert-OH is 2. The molecule has 26 heavy (non-hydrogen) atoms. The highest BCUT2D eigenvalue weighted by atomic mass is 16.6. The molecule has 0 aromatic heterocycles. The van der Waals surface area contributed by atoms with Gasteiger partial charge in [0.15, 0.2) is 0 Å². The van der Waals surface area contributed by atoms with Crippen LogP contribution in [0.1, 0.15) is 47.0 Å². The van der Waals surface area contributed by atoms with Crippen molar-refractivity contribution in [2.45, 2.75) is 71.4 Å². The smallest absolute Gasteiger partial charge is 0.332 e. The lowest BCUT2D eigenvalue weighted by atomic mass is 9.48. The normalized spacial score (nSPS) is 57.5. The zero-order valence-electron chi connectivity index (χ0n) is 16.3. The van der Waals surface area contributed by atoms with E-state index < -0.39 is 30.2 Å². The Bertz CT molecular complexity index is 634. The van der Waals surface area contributed by atoms with Gasteiger partial charge in [0.25, 0.3) is 0 Å². The van der Waals surface area contributed by atoms with Crippen molar-refractivity contribution in [2.75, 3.05) is 6.61 Å². The minimum absolute atomic E-state index is 0.0128. The summed E-state index contributed by atoms with van der Waals surface area (Å²) in [6.07, 6.45) is 4.14. The van der Waals surface area contributed by atoms with E-state index >= 15 is 0 Å². The van der Waals surface area contributed by atoms with Crippen LogP contribution in [0.3, 0.4) is 0 Å². The second-order valence-corrected chi connectivity index (χ2v) is 9.69. The van der Waals surface area contributed by atoms with Gasteiger partial charge in [-0.1, -0.05) is 33.8 Å². The Morgan fingerprint density at radius 3 is 2.69 bits per heavy atom. The monoisotopic (exact) mass is 364 g/mol. The Balaban J connectivity index is 1.92. The number of carbonyl (C=O) groups is 1. The summed E-state index contributed by atoms with van der Waals surface area (Å²) in [5.74, 6) is -0.0132. The van der Waals surface area contributed by atoms with Crippen LogP contribution in [0, 0.1) is 34.0 Å². The maximum atomic E-state index is 12.2. The third-order valence-corrected chi connectivity index (χ3v) is 8.89. The first-order valence-electron chi connectivity index (χ1n) is 9.94. The summed E-state index contributed by atoms with van der Waals surface area (Å²) in [6, 6.07) is 0. The van der Waals surface area contributed by atoms with Gasteiger partial charge in [0.1, 0.15) is 12.7 Å². The number of rotatable bonds is 3. The molecular formula is C21H32O5. The number of aliphatic hydroxyl groups is 2. The first-order valence-corrected chi connectivity index (χ1v) is 9.94. The number of esters is 1. The van der Waals surface area contributed by atoms with Gasteiger partial charge in [0, 0.05) is 16.7 Å². The number of fused-ring (bicyclic) bond motifs is 1. The van der Waals surface area contributed by atoms with Gasteiger partial charge in [-0.3, -0.25) is 0 Å². The molecule has 1 heterocycles. The van der Waals surface area contributed by atoms with Crippen LogP contribution < -0.4 is 0 Å². The van der Waals surface area contributed by atoms with Crippen LogP contribution in [0.4, 0.5) is 0 Å². The molecule has 1 saturated heterocycles. The fourth-order valence-electron chi connectivity index (χ4n) is 7.22. The summed E-state index contributed by atoms with van der Waals surface area (Å²) in [7, 11) is 0. The van der Waals surface area contributed by atoms with Crippen molar-refractivity contribution >= 4 is 5.97 Å². The Labute approximate surface area is 155 Å². The van der Waals surface area contributed by atoms with Gasteiger partial charge < -0.3 is 19.7 Å². The molecule has 4 rings (SSSR count). The Hall–Kier alpha value is -0.910. The van der Waals surface area contributed by atoms with E-state index in [1.807, 2.05) is 6.92 Å². The molecule has 2 N–H and O–H groups in total. The SMILES string of the molecule is C=C[C@]1(C)[C@@H](OC(=O)CO)[C@]2(C)C(C)CC[C@]3(CC4OC4[C@H]32)[C@@H](C)[C@@H]1O. The highest BCUT2D eigenvalue weighted by Crippen LogP contribution is 2.74. The van der Waals surface area contributed by atoms with Gasteiger partial charge in [0.05, 0.1) is 18.3 Å². The van der Waals surface area contributed by atoms with Crippen LogP contribution in [0.2, 0.25) is 0 Å². The Kier molecular flexibility index (Phi) is 3.94. The first-order chi connectivity index (χ1) is 12.2. The van der Waals surface area contributed by atoms with Gasteiger partial charge in [-0.05, 0) is 36.5 Å². The summed E-state index contributed by atoms with van der Waals surface area (Å²) in [5.41, 5.74) is -1.11. The van der Waals surface area contributed by atoms with E-state index in [1.165, 1.54) is 0 Å². The third-order valence-electron chi connectivity index (χ3n) is 8.89. The van der Waals surface area contributed by atoms with Crippen LogP contribution in [0.5, 0.6) is 0 Å². The number of hydrogen-bond acceptors (Lipinski definition) is 5. The molecule has 10 atom stereocenters. The summed E-state index contributed by atoms with van der Waals surface area (Å²) < 4.78 is 11.9. The fourth-order valence-corrected chi connectivity index (χ4v) is 7.22. The molecule has 0 amide bonds. The van der Waals surface area contributed by atoms with Crippen LogP contribution in [0.25, 0.3) is 0 Å². The van der Waals surface area contributed by atoms with Crippen LogP contribution in [-0.2, 0) is 14.3 Å². The van der Waals surface area contributed by atoms with E-state index in [-0.39, 0.29) is 34.9 Å². The maximum Gasteiger partial charge on any atom is 0.332 e. The number of ether oxygens (including phenoxy) is 2. The lowest BCUT2D eigenvalue weighted by Crippen LogP contribution is -2.58. The minimum atomic E-state index is -0.778. The highest BCUT2D eigenvalue weighted by Gasteiger charge is 2.77. The van der Waals surface area contributed by atoms with Crippen molar-refractivity contribution < 1.29 is 24.5 Å². The van der Waals surface area contributed by atoms with E-state index in [4.69, 9.17) is 9.47 Å². The standard InChI is InChI=1S/C21H32O5/c1-6-19(4)17(24)12(3)21-8-7-11(2)20(5,18(19)26-14(23)10-22)16(21)15-13(9-21)25-15/h6,11-13,15-18,22,24H,1,7-10H2,2-5H3/t11?,12-,13?,15?,16-,17-,18+,19-,20+,21-/m0/s1. The van der Waals surface area contributed by atoms with Gasteiger partial charge >= 0.3 is 5.97 Å². The number of epoxide rings is 1. The maximum absolute atomic E-state index is 12.2. The van der Waals surface area contributed by atoms with Crippen LogP contribution >= 0.6 is 0 Å². The number of hydrogen-bond donors (Lipinski definition) is 2. The van der Waals surface area contributed by atoms with Crippen molar-refractivity contribution in [1.29, 1.82) is 0 Å². The quantitative estimate of drug-likeness (QED) is 0.456. The zero-order valence-corrected chi connectivity index (χ0v) is 16.3. The lowest BCUT2D eigenvalue weighted by Gasteiger charge is -2.57. The van der Waals surface area contributed by atoms with E-state index in [0.29, 0.717) is 5.92 Å². The van der Waals surface area contributed by atoms with Crippen molar-refractivity contribution in [3.8, 4) is 0 Å². The van der Waals surface area contributed by atoms with E-state index in [2.05, 4.69) is 27.4 Å². The molecule has 5 nitrogen and oxygen atoms in total. The lowest BCUT2D eigenvalue weighted by molar-refractivity contribution is -0.192. The summed E-state index contributed by atoms with van der Waals surface area (Å²) in [4.78, 5) is 12.2. The molecule has 4 fully saturated rings. The number of carbonyl (C=O) groups excluding carboxylic acids is 1. The predicted octanol–water partition coefficient (Wildman–Crippen LogP) is 2.30. The second-order valence-electron chi connectivity index (χ2n) is 9.69. The van der Waals surface area contributed by atoms with Crippen LogP contribution in [0.15, 0.2) is 12.7 Å². The predicted molar refractivity (Wildman–Crippen MR) is 96.1 cm³/mol. The van der Waals surface area contributed by atoms with Gasteiger partial charge in [-0.2, -0.15) is 0 Å². The topological polar surface area (TPSA) is 79.3 Å². The molecule has 0 aromatic carbocycles. The highest BCUT2D eigenvalue weighted by molar-refractivity contribution is 5.70. The molecule has 0 radical (unpaired) electrons. The summed E-state index contributed by atoms with van der Waals surface area (Å²) in [5, 5.41) is 20.8. The van der Waals surface area contributed by atoms with Crippen molar-refractivity contribution in [2.24, 2.45) is 34.0 Å². The molecular weight excluding hydrogens is 332 g/mol. The summed E-state index contributed by atoms with van der Waals surface area (Å²) >= 11 is 0. The molecule has 3 unspecified atom stereocenters. The van der Waals surface area contributed by atoms with E-state index in [9.17, 15) is 15.0 Å². The van der Waals surface area contributed by atoms with Crippen molar-refractivity contribution in [3.05, 3.63) is 12.7 Å². The third kappa shape index (κ3) is 2.00. The summed E-state index contributed by atoms with van der Waals surface area (Å²) in [6.45, 7) is 11.9. The molecule has 1 aliphatic heterocycles. The van der Waals surface area contributed by atoms with Gasteiger partial charge in [0.2, 0.25) is 0 Å². The van der Waals surface area contributed by atoms with Crippen molar-refractivity contribution in [3.63, 3.8) is 0 Å². The molecule has 0 aromatic rings. The van der Waals surface area contributed by atoms with E-state index in [1.54, 1.807) is 6.08 Å². The van der Waals surface area contributed by atoms with Crippen molar-refractivity contribution in [1.82, 2.24) is 0 Å². The molecule has 5 heteroatoms. The molecule has 4 aliphatic rings. The average molecular weight is 364 g/mol. The zero-order chi connectivity index (χ0) is 19.1. The molecule has 0 spiro atoms. The van der Waals surface area contributed by atoms with Gasteiger partial charge in [-0.15, -0.1) is 6.58 Å². The van der Waals surface area contributed by atoms with E-state index in [0.717, 1.165) is 19.3 Å². The molecule has 3 saturated carbocycles. The first kappa shape index (κ1) is 18.5. The Morgan fingerprint density at radius 2 is 2.08 bits per heavy atom. The second kappa shape index (κ2) is 5.55. The largest absolute Gasteiger partial charge is 0.459 e. The molecule has 2 bridgehead atoms.